The molecule has 4 rings (SSSR count). The molecule has 92 valence electrons. The lowest BCUT2D eigenvalue weighted by atomic mass is 9.81. The summed E-state index contributed by atoms with van der Waals surface area (Å²) in [4.78, 5) is 2.66. The van der Waals surface area contributed by atoms with Crippen molar-refractivity contribution in [1.82, 2.24) is 10.2 Å². The van der Waals surface area contributed by atoms with Gasteiger partial charge in [-0.2, -0.15) is 0 Å². The van der Waals surface area contributed by atoms with Crippen molar-refractivity contribution in [3.63, 3.8) is 0 Å². The summed E-state index contributed by atoms with van der Waals surface area (Å²) in [6.07, 6.45) is 8.62. The van der Waals surface area contributed by atoms with Gasteiger partial charge in [0, 0.05) is 18.6 Å². The average Bonchev–Trinajstić information content (AvgIpc) is 2.34. The maximum Gasteiger partial charge on any atom is 0.0226 e. The molecule has 4 aliphatic rings. The van der Waals surface area contributed by atoms with Crippen LogP contribution in [0.5, 0.6) is 0 Å². The zero-order valence-corrected chi connectivity index (χ0v) is 10.6. The van der Waals surface area contributed by atoms with Gasteiger partial charge in [0.1, 0.15) is 0 Å². The second-order valence-corrected chi connectivity index (χ2v) is 6.37. The summed E-state index contributed by atoms with van der Waals surface area (Å²) in [6.45, 7) is 6.47. The Morgan fingerprint density at radius 1 is 0.938 bits per heavy atom. The summed E-state index contributed by atoms with van der Waals surface area (Å²) in [6, 6.07) is 1.66. The Hall–Kier alpha value is -0.0800. The van der Waals surface area contributed by atoms with E-state index in [1.165, 1.54) is 58.2 Å². The van der Waals surface area contributed by atoms with Gasteiger partial charge in [-0.05, 0) is 63.5 Å². The van der Waals surface area contributed by atoms with E-state index < -0.39 is 0 Å². The molecule has 0 aromatic heterocycles. The first-order chi connectivity index (χ1) is 7.81. The molecular formula is C14H26N2. The lowest BCUT2D eigenvalue weighted by Crippen LogP contribution is -2.58. The summed E-state index contributed by atoms with van der Waals surface area (Å²) in [7, 11) is 0. The van der Waals surface area contributed by atoms with Crippen LogP contribution in [0.25, 0.3) is 0 Å². The van der Waals surface area contributed by atoms with Crippen molar-refractivity contribution in [2.75, 3.05) is 19.6 Å². The van der Waals surface area contributed by atoms with Gasteiger partial charge in [-0.15, -0.1) is 0 Å². The lowest BCUT2D eigenvalue weighted by molar-refractivity contribution is 0.0629. The minimum absolute atomic E-state index is 0.820. The highest BCUT2D eigenvalue weighted by Crippen LogP contribution is 2.30. The van der Waals surface area contributed by atoms with E-state index in [-0.39, 0.29) is 0 Å². The average molecular weight is 222 g/mol. The van der Waals surface area contributed by atoms with Gasteiger partial charge in [-0.3, -0.25) is 0 Å². The SMILES string of the molecule is CC1CCC(NC2CN3CCC2CC3)CC1. The zero-order chi connectivity index (χ0) is 11.0. The zero-order valence-electron chi connectivity index (χ0n) is 10.6. The Balaban J connectivity index is 1.51. The van der Waals surface area contributed by atoms with Gasteiger partial charge in [0.05, 0.1) is 0 Å². The molecule has 4 fully saturated rings. The Kier molecular flexibility index (Phi) is 3.21. The molecule has 3 aliphatic heterocycles. The fourth-order valence-corrected chi connectivity index (χ4v) is 3.88. The maximum atomic E-state index is 3.97. The van der Waals surface area contributed by atoms with Gasteiger partial charge in [-0.25, -0.2) is 0 Å². The number of nitrogens with one attached hydrogen (secondary N) is 1. The fraction of sp³-hybridized carbons (Fsp3) is 1.00. The lowest BCUT2D eigenvalue weighted by Gasteiger charge is -2.46. The molecule has 1 aliphatic carbocycles. The second-order valence-electron chi connectivity index (χ2n) is 6.37. The molecular weight excluding hydrogens is 196 g/mol. The fourth-order valence-electron chi connectivity index (χ4n) is 3.88. The highest BCUT2D eigenvalue weighted by molar-refractivity contribution is 4.93. The number of piperidine rings is 3. The van der Waals surface area contributed by atoms with Crippen LogP contribution < -0.4 is 5.32 Å². The molecule has 0 aromatic rings. The molecule has 1 saturated carbocycles. The summed E-state index contributed by atoms with van der Waals surface area (Å²) < 4.78 is 0. The van der Waals surface area contributed by atoms with E-state index in [4.69, 9.17) is 0 Å². The molecule has 3 saturated heterocycles. The van der Waals surface area contributed by atoms with Crippen LogP contribution >= 0.6 is 0 Å². The Labute approximate surface area is 99.8 Å². The van der Waals surface area contributed by atoms with Crippen LogP contribution in [0.15, 0.2) is 0 Å². The number of nitrogens with zero attached hydrogens (tertiary/aromatic N) is 1. The standard InChI is InChI=1S/C14H26N2/c1-11-2-4-13(5-3-11)15-14-10-16-8-6-12(14)7-9-16/h11-15H,2-10H2,1H3. The summed E-state index contributed by atoms with van der Waals surface area (Å²) in [5.41, 5.74) is 0. The third-order valence-corrected chi connectivity index (χ3v) is 5.12. The van der Waals surface area contributed by atoms with Gasteiger partial charge in [0.25, 0.3) is 0 Å². The van der Waals surface area contributed by atoms with E-state index in [0.29, 0.717) is 0 Å². The molecule has 16 heavy (non-hydrogen) atoms. The molecule has 2 heteroatoms. The normalized spacial score (nSPS) is 48.2. The largest absolute Gasteiger partial charge is 0.310 e. The van der Waals surface area contributed by atoms with Crippen molar-refractivity contribution in [2.45, 2.75) is 57.5 Å². The van der Waals surface area contributed by atoms with Crippen molar-refractivity contribution in [3.05, 3.63) is 0 Å². The molecule has 0 amide bonds. The van der Waals surface area contributed by atoms with Gasteiger partial charge >= 0.3 is 0 Å². The van der Waals surface area contributed by atoms with E-state index >= 15 is 0 Å². The third kappa shape index (κ3) is 2.28. The summed E-state index contributed by atoms with van der Waals surface area (Å²) in [5.74, 6) is 1.97. The second kappa shape index (κ2) is 4.66. The van der Waals surface area contributed by atoms with Gasteiger partial charge < -0.3 is 10.2 Å². The first kappa shape index (κ1) is 11.0. The molecule has 0 spiro atoms. The third-order valence-electron chi connectivity index (χ3n) is 5.12. The van der Waals surface area contributed by atoms with Gasteiger partial charge in [0.2, 0.25) is 0 Å². The smallest absolute Gasteiger partial charge is 0.0226 e. The van der Waals surface area contributed by atoms with E-state index in [2.05, 4.69) is 17.1 Å². The van der Waals surface area contributed by atoms with Crippen molar-refractivity contribution >= 4 is 0 Å². The van der Waals surface area contributed by atoms with E-state index in [0.717, 1.165) is 23.9 Å². The molecule has 2 nitrogen and oxygen atoms in total. The van der Waals surface area contributed by atoms with Gasteiger partial charge in [0.15, 0.2) is 0 Å². The number of fused-ring (bicyclic) bond motifs is 3. The molecule has 1 atom stereocenters. The van der Waals surface area contributed by atoms with Crippen molar-refractivity contribution in [1.29, 1.82) is 0 Å². The number of rotatable bonds is 2. The van der Waals surface area contributed by atoms with Crippen molar-refractivity contribution < 1.29 is 0 Å². The minimum Gasteiger partial charge on any atom is -0.310 e. The summed E-state index contributed by atoms with van der Waals surface area (Å²) in [5, 5.41) is 3.97. The first-order valence-corrected chi connectivity index (χ1v) is 7.29. The van der Waals surface area contributed by atoms with E-state index in [1.807, 2.05) is 0 Å². The highest BCUT2D eigenvalue weighted by Gasteiger charge is 2.35. The predicted octanol–water partition coefficient (Wildman–Crippen LogP) is 2.25. The maximum absolute atomic E-state index is 3.97. The molecule has 0 radical (unpaired) electrons. The van der Waals surface area contributed by atoms with Crippen LogP contribution in [0.1, 0.15) is 45.4 Å². The predicted molar refractivity (Wildman–Crippen MR) is 67.5 cm³/mol. The highest BCUT2D eigenvalue weighted by atomic mass is 15.2. The van der Waals surface area contributed by atoms with Gasteiger partial charge in [-0.1, -0.05) is 6.92 Å². The topological polar surface area (TPSA) is 15.3 Å². The Bertz CT molecular complexity index is 225. The van der Waals surface area contributed by atoms with Crippen LogP contribution in [0, 0.1) is 11.8 Å². The summed E-state index contributed by atoms with van der Waals surface area (Å²) >= 11 is 0. The quantitative estimate of drug-likeness (QED) is 0.771. The molecule has 2 bridgehead atoms. The molecule has 3 heterocycles. The molecule has 1 unspecified atom stereocenters. The van der Waals surface area contributed by atoms with Crippen molar-refractivity contribution in [3.8, 4) is 0 Å². The van der Waals surface area contributed by atoms with E-state index in [9.17, 15) is 0 Å². The molecule has 1 N–H and O–H groups in total. The van der Waals surface area contributed by atoms with Crippen LogP contribution in [0.2, 0.25) is 0 Å². The van der Waals surface area contributed by atoms with Crippen LogP contribution in [0.3, 0.4) is 0 Å². The minimum atomic E-state index is 0.820. The monoisotopic (exact) mass is 222 g/mol. The number of hydrogen-bond donors (Lipinski definition) is 1. The molecule has 0 aromatic carbocycles. The van der Waals surface area contributed by atoms with Crippen LogP contribution in [-0.4, -0.2) is 36.6 Å². The Morgan fingerprint density at radius 3 is 2.19 bits per heavy atom. The van der Waals surface area contributed by atoms with Crippen molar-refractivity contribution in [2.24, 2.45) is 11.8 Å². The number of hydrogen-bond acceptors (Lipinski definition) is 2. The first-order valence-electron chi connectivity index (χ1n) is 7.29. The van der Waals surface area contributed by atoms with E-state index in [1.54, 1.807) is 0 Å². The Morgan fingerprint density at radius 2 is 1.62 bits per heavy atom. The van der Waals surface area contributed by atoms with Crippen LogP contribution in [0.4, 0.5) is 0 Å². The van der Waals surface area contributed by atoms with Crippen LogP contribution in [-0.2, 0) is 0 Å².